The van der Waals surface area contributed by atoms with Gasteiger partial charge in [0, 0.05) is 0 Å². The summed E-state index contributed by atoms with van der Waals surface area (Å²) in [7, 11) is 0. The van der Waals surface area contributed by atoms with Gasteiger partial charge in [-0.1, -0.05) is 27.2 Å². The molecule has 0 aromatic heterocycles. The van der Waals surface area contributed by atoms with E-state index in [1.165, 1.54) is 0 Å². The van der Waals surface area contributed by atoms with Crippen molar-refractivity contribution in [3.05, 3.63) is 0 Å². The molecule has 2 heterocycles. The van der Waals surface area contributed by atoms with Gasteiger partial charge in [-0.15, -0.1) is 0 Å². The zero-order valence-electron chi connectivity index (χ0n) is 18.2. The quantitative estimate of drug-likeness (QED) is 0.191. The predicted octanol–water partition coefficient (Wildman–Crippen LogP) is -2.16. The third kappa shape index (κ3) is 6.55. The molecule has 11 heteroatoms. The molecule has 2 rings (SSSR count). The summed E-state index contributed by atoms with van der Waals surface area (Å²) in [5.41, 5.74) is 0. The number of ether oxygens (including phenoxy) is 4. The first-order valence-corrected chi connectivity index (χ1v) is 10.9. The minimum Gasteiger partial charge on any atom is -0.394 e. The van der Waals surface area contributed by atoms with E-state index < -0.39 is 74.6 Å². The van der Waals surface area contributed by atoms with E-state index in [9.17, 15) is 35.7 Å². The van der Waals surface area contributed by atoms with Crippen LogP contribution in [0, 0.1) is 5.92 Å². The molecule has 0 amide bonds. The number of hydrogen-bond acceptors (Lipinski definition) is 11. The van der Waals surface area contributed by atoms with Gasteiger partial charge in [-0.3, -0.25) is 0 Å². The molecule has 0 spiro atoms. The molecule has 7 N–H and O–H groups in total. The Morgan fingerprint density at radius 2 is 1.35 bits per heavy atom. The van der Waals surface area contributed by atoms with Crippen LogP contribution in [0.15, 0.2) is 0 Å². The van der Waals surface area contributed by atoms with Crippen LogP contribution in [0.4, 0.5) is 0 Å². The monoisotopic (exact) mass is 454 g/mol. The summed E-state index contributed by atoms with van der Waals surface area (Å²) < 4.78 is 22.4. The standard InChI is InChI=1S/C20H38O11/c1-4-5-10(6-9(2)3)28-19-17(27)15(25)18(12(8-22)30-19)31-20-16(26)14(24)13(23)11(7-21)29-20/h9-27H,4-8H2,1-3H3/t10?,11?,12?,13-,14+,15-,16?,17?,18-,19-,20-/m1/s1. The van der Waals surface area contributed by atoms with Crippen LogP contribution in [0.5, 0.6) is 0 Å². The summed E-state index contributed by atoms with van der Waals surface area (Å²) in [5, 5.41) is 70.2. The molecule has 0 bridgehead atoms. The van der Waals surface area contributed by atoms with Crippen LogP contribution in [0.1, 0.15) is 40.0 Å². The summed E-state index contributed by atoms with van der Waals surface area (Å²) >= 11 is 0. The van der Waals surface area contributed by atoms with Gasteiger partial charge in [-0.25, -0.2) is 0 Å². The Hall–Kier alpha value is -0.440. The Labute approximate surface area is 182 Å². The van der Waals surface area contributed by atoms with Crippen LogP contribution in [-0.4, -0.2) is 116 Å². The fourth-order valence-electron chi connectivity index (χ4n) is 3.95. The van der Waals surface area contributed by atoms with Gasteiger partial charge < -0.3 is 54.7 Å². The normalized spacial score (nSPS) is 42.7. The first-order valence-electron chi connectivity index (χ1n) is 10.9. The molecule has 2 fully saturated rings. The van der Waals surface area contributed by atoms with E-state index in [-0.39, 0.29) is 6.10 Å². The van der Waals surface area contributed by atoms with E-state index in [0.29, 0.717) is 5.92 Å². The minimum absolute atomic E-state index is 0.209. The van der Waals surface area contributed by atoms with Crippen molar-refractivity contribution in [2.75, 3.05) is 13.2 Å². The maximum atomic E-state index is 10.6. The van der Waals surface area contributed by atoms with Crippen molar-refractivity contribution in [3.63, 3.8) is 0 Å². The third-order valence-corrected chi connectivity index (χ3v) is 5.63. The first-order chi connectivity index (χ1) is 14.6. The van der Waals surface area contributed by atoms with E-state index in [1.54, 1.807) is 0 Å². The molecule has 2 saturated heterocycles. The van der Waals surface area contributed by atoms with Crippen molar-refractivity contribution in [2.24, 2.45) is 5.92 Å². The highest BCUT2D eigenvalue weighted by atomic mass is 16.7. The van der Waals surface area contributed by atoms with Crippen molar-refractivity contribution >= 4 is 0 Å². The SMILES string of the molecule is CCCC(CC(C)C)O[C@@H]1OC(CO)[C@@H](O[C@H]2OC(CO)[C@@H](O)[C@H](O)C2O)[C@H](O)C1O. The molecule has 0 aromatic rings. The average molecular weight is 455 g/mol. The number of rotatable bonds is 10. The largest absolute Gasteiger partial charge is 0.394 e. The molecule has 2 aliphatic rings. The zero-order chi connectivity index (χ0) is 23.3. The molecular formula is C20H38O11. The maximum Gasteiger partial charge on any atom is 0.187 e. The third-order valence-electron chi connectivity index (χ3n) is 5.63. The molecule has 0 aliphatic carbocycles. The van der Waals surface area contributed by atoms with E-state index in [0.717, 1.165) is 19.3 Å². The van der Waals surface area contributed by atoms with Crippen LogP contribution in [0.25, 0.3) is 0 Å². The van der Waals surface area contributed by atoms with Gasteiger partial charge >= 0.3 is 0 Å². The minimum atomic E-state index is -1.70. The molecule has 11 nitrogen and oxygen atoms in total. The Balaban J connectivity index is 2.09. The smallest absolute Gasteiger partial charge is 0.187 e. The lowest BCUT2D eigenvalue weighted by Gasteiger charge is -2.46. The highest BCUT2D eigenvalue weighted by Crippen LogP contribution is 2.30. The molecule has 11 atom stereocenters. The van der Waals surface area contributed by atoms with E-state index >= 15 is 0 Å². The van der Waals surface area contributed by atoms with E-state index in [1.807, 2.05) is 20.8 Å². The molecule has 31 heavy (non-hydrogen) atoms. The van der Waals surface area contributed by atoms with Gasteiger partial charge in [0.2, 0.25) is 0 Å². The van der Waals surface area contributed by atoms with Gasteiger partial charge in [-0.2, -0.15) is 0 Å². The van der Waals surface area contributed by atoms with Crippen LogP contribution < -0.4 is 0 Å². The van der Waals surface area contributed by atoms with Crippen molar-refractivity contribution in [1.82, 2.24) is 0 Å². The summed E-state index contributed by atoms with van der Waals surface area (Å²) in [5.74, 6) is 0.345. The highest BCUT2D eigenvalue weighted by Gasteiger charge is 2.51. The summed E-state index contributed by atoms with van der Waals surface area (Å²) in [6.07, 6.45) is -12.3. The Morgan fingerprint density at radius 3 is 1.90 bits per heavy atom. The van der Waals surface area contributed by atoms with Crippen LogP contribution in [0.3, 0.4) is 0 Å². The van der Waals surface area contributed by atoms with Crippen molar-refractivity contribution in [3.8, 4) is 0 Å². The van der Waals surface area contributed by atoms with Gasteiger partial charge in [0.1, 0.15) is 48.8 Å². The second kappa shape index (κ2) is 12.1. The molecule has 184 valence electrons. The van der Waals surface area contributed by atoms with Crippen LogP contribution >= 0.6 is 0 Å². The summed E-state index contributed by atoms with van der Waals surface area (Å²) in [4.78, 5) is 0. The van der Waals surface area contributed by atoms with Gasteiger partial charge in [0.25, 0.3) is 0 Å². The lowest BCUT2D eigenvalue weighted by molar-refractivity contribution is -0.363. The number of aliphatic hydroxyl groups is 7. The Kier molecular flexibility index (Phi) is 10.5. The van der Waals surface area contributed by atoms with Crippen molar-refractivity contribution in [2.45, 2.75) is 108 Å². The summed E-state index contributed by atoms with van der Waals surface area (Å²) in [6.45, 7) is 4.85. The highest BCUT2D eigenvalue weighted by molar-refractivity contribution is 4.94. The second-order valence-corrected chi connectivity index (χ2v) is 8.68. The van der Waals surface area contributed by atoms with Gasteiger partial charge in [-0.05, 0) is 18.8 Å². The number of hydrogen-bond donors (Lipinski definition) is 7. The lowest BCUT2D eigenvalue weighted by atomic mass is 9.96. The molecular weight excluding hydrogens is 416 g/mol. The first kappa shape index (κ1) is 26.8. The van der Waals surface area contributed by atoms with Crippen LogP contribution in [0.2, 0.25) is 0 Å². The number of aliphatic hydroxyl groups excluding tert-OH is 7. The summed E-state index contributed by atoms with van der Waals surface area (Å²) in [6, 6.07) is 0. The fourth-order valence-corrected chi connectivity index (χ4v) is 3.95. The molecule has 0 radical (unpaired) electrons. The van der Waals surface area contributed by atoms with Gasteiger partial charge in [0.15, 0.2) is 12.6 Å². The van der Waals surface area contributed by atoms with Crippen molar-refractivity contribution in [1.29, 1.82) is 0 Å². The van der Waals surface area contributed by atoms with Gasteiger partial charge in [0.05, 0.1) is 19.3 Å². The van der Waals surface area contributed by atoms with E-state index in [2.05, 4.69) is 0 Å². The molecule has 5 unspecified atom stereocenters. The maximum absolute atomic E-state index is 10.6. The fraction of sp³-hybridized carbons (Fsp3) is 1.00. The predicted molar refractivity (Wildman–Crippen MR) is 106 cm³/mol. The topological polar surface area (TPSA) is 179 Å². The Morgan fingerprint density at radius 1 is 0.774 bits per heavy atom. The Bertz CT molecular complexity index is 517. The molecule has 0 aromatic carbocycles. The zero-order valence-corrected chi connectivity index (χ0v) is 18.2. The average Bonchev–Trinajstić information content (AvgIpc) is 2.73. The molecule has 2 aliphatic heterocycles. The van der Waals surface area contributed by atoms with Crippen LogP contribution in [-0.2, 0) is 18.9 Å². The lowest BCUT2D eigenvalue weighted by Crippen LogP contribution is -2.64. The molecule has 0 saturated carbocycles. The second-order valence-electron chi connectivity index (χ2n) is 8.68. The van der Waals surface area contributed by atoms with E-state index in [4.69, 9.17) is 18.9 Å². The van der Waals surface area contributed by atoms with Crippen molar-refractivity contribution < 1.29 is 54.7 Å².